The number of allylic oxidation sites excluding steroid dienone is 1. The number of rotatable bonds is 9. The van der Waals surface area contributed by atoms with Gasteiger partial charge in [0.2, 0.25) is 0 Å². The summed E-state index contributed by atoms with van der Waals surface area (Å²) in [7, 11) is 0. The quantitative estimate of drug-likeness (QED) is 0.489. The van der Waals surface area contributed by atoms with Crippen molar-refractivity contribution >= 4 is 0 Å². The van der Waals surface area contributed by atoms with E-state index in [1.165, 1.54) is 38.5 Å². The molecule has 2 aliphatic carbocycles. The zero-order valence-electron chi connectivity index (χ0n) is 11.4. The molecule has 104 valence electrons. The van der Waals surface area contributed by atoms with Crippen LogP contribution in [0, 0.1) is 5.92 Å². The Kier molecular flexibility index (Phi) is 6.18. The molecule has 0 spiro atoms. The Balaban J connectivity index is 1.42. The fraction of sp³-hybridized carbons (Fsp3) is 0.867. The lowest BCUT2D eigenvalue weighted by Gasteiger charge is -2.15. The summed E-state index contributed by atoms with van der Waals surface area (Å²) in [6, 6.07) is 0. The fourth-order valence-electron chi connectivity index (χ4n) is 2.36. The van der Waals surface area contributed by atoms with Gasteiger partial charge in [-0.1, -0.05) is 11.6 Å². The second-order valence-electron chi connectivity index (χ2n) is 5.70. The molecule has 0 aromatic carbocycles. The minimum absolute atomic E-state index is 0.357. The van der Waals surface area contributed by atoms with Crippen LogP contribution < -0.4 is 5.32 Å². The van der Waals surface area contributed by atoms with Crippen molar-refractivity contribution in [3.8, 4) is 0 Å². The summed E-state index contributed by atoms with van der Waals surface area (Å²) < 4.78 is 5.46. The Labute approximate surface area is 111 Å². The third-order valence-corrected chi connectivity index (χ3v) is 3.75. The number of ether oxygens (including phenoxy) is 1. The molecule has 2 rings (SSSR count). The molecule has 0 aromatic heterocycles. The first-order valence-electron chi connectivity index (χ1n) is 7.49. The second kappa shape index (κ2) is 7.93. The molecule has 2 N–H and O–H groups in total. The number of nitrogens with one attached hydrogen (secondary N) is 1. The van der Waals surface area contributed by atoms with E-state index in [1.54, 1.807) is 5.57 Å². The van der Waals surface area contributed by atoms with E-state index in [1.807, 2.05) is 0 Å². The minimum Gasteiger partial charge on any atom is -0.389 e. The molecule has 3 heteroatoms. The molecule has 0 radical (unpaired) electrons. The summed E-state index contributed by atoms with van der Waals surface area (Å²) in [5.74, 6) is 0.781. The number of aliphatic hydroxyl groups excluding tert-OH is 1. The molecule has 0 bridgehead atoms. The molecular formula is C15H27NO2. The van der Waals surface area contributed by atoms with E-state index < -0.39 is 0 Å². The molecule has 0 aliphatic heterocycles. The van der Waals surface area contributed by atoms with Crippen molar-refractivity contribution in [2.24, 2.45) is 5.92 Å². The highest BCUT2D eigenvalue weighted by Gasteiger charge is 2.21. The normalized spacial score (nSPS) is 21.7. The van der Waals surface area contributed by atoms with Crippen molar-refractivity contribution in [2.75, 3.05) is 26.3 Å². The van der Waals surface area contributed by atoms with E-state index in [9.17, 15) is 5.11 Å². The minimum atomic E-state index is -0.357. The smallest absolute Gasteiger partial charge is 0.0897 e. The zero-order valence-corrected chi connectivity index (χ0v) is 11.4. The molecule has 18 heavy (non-hydrogen) atoms. The highest BCUT2D eigenvalue weighted by Crippen LogP contribution is 2.28. The van der Waals surface area contributed by atoms with Crippen LogP contribution in [-0.4, -0.2) is 37.5 Å². The summed E-state index contributed by atoms with van der Waals surface area (Å²) in [5.41, 5.74) is 1.59. The predicted molar refractivity (Wildman–Crippen MR) is 73.6 cm³/mol. The van der Waals surface area contributed by atoms with Crippen LogP contribution in [0.4, 0.5) is 0 Å². The van der Waals surface area contributed by atoms with Gasteiger partial charge < -0.3 is 15.2 Å². The maximum Gasteiger partial charge on any atom is 0.0897 e. The molecule has 1 fully saturated rings. The maximum absolute atomic E-state index is 9.72. The molecule has 0 saturated heterocycles. The van der Waals surface area contributed by atoms with Gasteiger partial charge in [0.25, 0.3) is 0 Å². The van der Waals surface area contributed by atoms with Crippen molar-refractivity contribution < 1.29 is 9.84 Å². The first-order chi connectivity index (χ1) is 8.84. The second-order valence-corrected chi connectivity index (χ2v) is 5.70. The van der Waals surface area contributed by atoms with Gasteiger partial charge in [-0.15, -0.1) is 0 Å². The molecule has 0 unspecified atom stereocenters. The van der Waals surface area contributed by atoms with Crippen LogP contribution in [0.15, 0.2) is 11.6 Å². The Morgan fingerprint density at radius 2 is 2.28 bits per heavy atom. The van der Waals surface area contributed by atoms with Gasteiger partial charge >= 0.3 is 0 Å². The summed E-state index contributed by atoms with van der Waals surface area (Å²) in [5, 5.41) is 13.0. The van der Waals surface area contributed by atoms with Crippen LogP contribution in [0.2, 0.25) is 0 Å². The number of hydrogen-bond acceptors (Lipinski definition) is 3. The molecular weight excluding hydrogens is 226 g/mol. The lowest BCUT2D eigenvalue weighted by molar-refractivity contribution is 0.0327. The first-order valence-corrected chi connectivity index (χ1v) is 7.49. The molecule has 0 heterocycles. The monoisotopic (exact) mass is 253 g/mol. The number of hydrogen-bond donors (Lipinski definition) is 2. The third kappa shape index (κ3) is 5.98. The van der Waals surface area contributed by atoms with Crippen LogP contribution in [0.5, 0.6) is 0 Å². The van der Waals surface area contributed by atoms with Crippen molar-refractivity contribution in [2.45, 2.75) is 51.0 Å². The number of aliphatic hydroxyl groups is 1. The zero-order chi connectivity index (χ0) is 12.6. The largest absolute Gasteiger partial charge is 0.389 e. The summed E-state index contributed by atoms with van der Waals surface area (Å²) in [6.45, 7) is 2.94. The summed E-state index contributed by atoms with van der Waals surface area (Å²) in [4.78, 5) is 0. The van der Waals surface area contributed by atoms with Crippen molar-refractivity contribution in [3.63, 3.8) is 0 Å². The molecule has 3 nitrogen and oxygen atoms in total. The Hall–Kier alpha value is -0.380. The Morgan fingerprint density at radius 3 is 3.00 bits per heavy atom. The van der Waals surface area contributed by atoms with Crippen molar-refractivity contribution in [1.29, 1.82) is 0 Å². The average molecular weight is 253 g/mol. The standard InChI is InChI=1S/C15H27NO2/c17-15(12-18-11-14-6-7-14)10-16-9-8-13-4-2-1-3-5-13/h4,14-17H,1-3,5-12H2/t15-/m1/s1. The highest BCUT2D eigenvalue weighted by molar-refractivity contribution is 5.05. The van der Waals surface area contributed by atoms with E-state index in [0.717, 1.165) is 25.5 Å². The molecule has 0 aromatic rings. The van der Waals surface area contributed by atoms with Crippen molar-refractivity contribution in [3.05, 3.63) is 11.6 Å². The Morgan fingerprint density at radius 1 is 1.39 bits per heavy atom. The SMILES string of the molecule is O[C@H](CNCCC1=CCCCC1)COCC1CC1. The predicted octanol–water partition coefficient (Wildman–Crippen LogP) is 2.25. The highest BCUT2D eigenvalue weighted by atomic mass is 16.5. The van der Waals surface area contributed by atoms with Crippen LogP contribution >= 0.6 is 0 Å². The van der Waals surface area contributed by atoms with Crippen molar-refractivity contribution in [1.82, 2.24) is 5.32 Å². The topological polar surface area (TPSA) is 41.5 Å². The lowest BCUT2D eigenvalue weighted by Crippen LogP contribution is -2.31. The van der Waals surface area contributed by atoms with Crippen LogP contribution in [0.25, 0.3) is 0 Å². The summed E-state index contributed by atoms with van der Waals surface area (Å²) in [6.07, 6.45) is 11.0. The molecule has 1 saturated carbocycles. The fourth-order valence-corrected chi connectivity index (χ4v) is 2.36. The molecule has 2 aliphatic rings. The Bertz CT molecular complexity index is 261. The van der Waals surface area contributed by atoms with Gasteiger partial charge in [-0.05, 0) is 57.4 Å². The van der Waals surface area contributed by atoms with Gasteiger partial charge in [-0.2, -0.15) is 0 Å². The van der Waals surface area contributed by atoms with Crippen LogP contribution in [0.1, 0.15) is 44.9 Å². The first kappa shape index (κ1) is 14.0. The van der Waals surface area contributed by atoms with Gasteiger partial charge in [0, 0.05) is 13.2 Å². The van der Waals surface area contributed by atoms with Gasteiger partial charge in [0.1, 0.15) is 0 Å². The van der Waals surface area contributed by atoms with Crippen LogP contribution in [0.3, 0.4) is 0 Å². The average Bonchev–Trinajstić information content (AvgIpc) is 3.20. The van der Waals surface area contributed by atoms with E-state index in [4.69, 9.17) is 4.74 Å². The van der Waals surface area contributed by atoms with E-state index in [-0.39, 0.29) is 6.10 Å². The van der Waals surface area contributed by atoms with Gasteiger partial charge in [-0.3, -0.25) is 0 Å². The maximum atomic E-state index is 9.72. The van der Waals surface area contributed by atoms with E-state index in [0.29, 0.717) is 13.2 Å². The van der Waals surface area contributed by atoms with Crippen LogP contribution in [-0.2, 0) is 4.74 Å². The van der Waals surface area contributed by atoms with E-state index in [2.05, 4.69) is 11.4 Å². The lowest BCUT2D eigenvalue weighted by atomic mass is 9.97. The molecule has 1 atom stereocenters. The third-order valence-electron chi connectivity index (χ3n) is 3.75. The van der Waals surface area contributed by atoms with Gasteiger partial charge in [0.15, 0.2) is 0 Å². The van der Waals surface area contributed by atoms with E-state index >= 15 is 0 Å². The summed E-state index contributed by atoms with van der Waals surface area (Å²) >= 11 is 0. The van der Waals surface area contributed by atoms with Gasteiger partial charge in [0.05, 0.1) is 12.7 Å². The molecule has 0 amide bonds. The van der Waals surface area contributed by atoms with Gasteiger partial charge in [-0.25, -0.2) is 0 Å².